The van der Waals surface area contributed by atoms with Crippen molar-refractivity contribution in [2.24, 2.45) is 5.41 Å². The van der Waals surface area contributed by atoms with Crippen LogP contribution in [0.1, 0.15) is 69.2 Å². The Morgan fingerprint density at radius 1 is 0.581 bits per heavy atom. The second-order valence-corrected chi connectivity index (χ2v) is 25.8. The molecule has 0 heterocycles. The quantitative estimate of drug-likeness (QED) is 0.131. The molecule has 0 aromatic carbocycles. The van der Waals surface area contributed by atoms with Crippen molar-refractivity contribution in [3.63, 3.8) is 0 Å². The molecule has 0 aliphatic carbocycles. The third-order valence-corrected chi connectivity index (χ3v) is 24.8. The molecule has 7 heteroatoms. The Balaban J connectivity index is -0.000000604. The standard InChI is InChI=1S/C17H39P3.C7H17PS2.Co/c1-8-18(9-2)14-17(7,15-19(10-3)11-4)16-20(12-5)13-6;1-4-8(5-2,6-3)7(9)10;/h8-16H2,1-7H3;7H,4-6H2,1-3H3,(H-,9,10);/q;;+2/p+2. The first-order chi connectivity index (χ1) is 14.1. The maximum atomic E-state index is 5.17. The zero-order chi connectivity index (χ0) is 23.8. The SMILES string of the molecule is CC[P+](CC)(CC)C([S-])[S-].CC[PH+](CC)CC(C)(C[PH+](CC)CC)C[PH+](CC)CC.[Co+2]. The molecule has 0 fully saturated rings. The van der Waals surface area contributed by atoms with Crippen LogP contribution in [-0.2, 0) is 42.0 Å². The molecule has 0 aromatic heterocycles. The topological polar surface area (TPSA) is 0 Å². The van der Waals surface area contributed by atoms with Gasteiger partial charge in [0.25, 0.3) is 0 Å². The van der Waals surface area contributed by atoms with E-state index in [9.17, 15) is 0 Å². The zero-order valence-electron chi connectivity index (χ0n) is 22.7. The molecule has 0 saturated heterocycles. The molecule has 0 saturated carbocycles. The van der Waals surface area contributed by atoms with Crippen molar-refractivity contribution in [3.05, 3.63) is 0 Å². The van der Waals surface area contributed by atoms with Crippen molar-refractivity contribution in [2.45, 2.75) is 73.6 Å². The molecule has 0 aliphatic rings. The first-order valence-electron chi connectivity index (χ1n) is 12.8. The van der Waals surface area contributed by atoms with Gasteiger partial charge in [0.1, 0.15) is 0 Å². The van der Waals surface area contributed by atoms with Gasteiger partial charge in [-0.3, -0.25) is 0 Å². The molecule has 0 nitrogen and oxygen atoms in total. The smallest absolute Gasteiger partial charge is 0.775 e. The summed E-state index contributed by atoms with van der Waals surface area (Å²) in [4.78, 5) is 0. The molecule has 0 atom stereocenters. The van der Waals surface area contributed by atoms with Crippen LogP contribution in [0, 0.1) is 5.41 Å². The second kappa shape index (κ2) is 22.1. The van der Waals surface area contributed by atoms with Gasteiger partial charge in [-0.25, -0.2) is 0 Å². The fourth-order valence-corrected chi connectivity index (χ4v) is 17.7. The summed E-state index contributed by atoms with van der Waals surface area (Å²) in [6.45, 7) is 24.0. The van der Waals surface area contributed by atoms with Gasteiger partial charge in [0.05, 0.1) is 79.4 Å². The van der Waals surface area contributed by atoms with Crippen molar-refractivity contribution in [1.29, 1.82) is 0 Å². The third kappa shape index (κ3) is 15.6. The van der Waals surface area contributed by atoms with Gasteiger partial charge in [-0.2, -0.15) is 4.32 Å². The van der Waals surface area contributed by atoms with Crippen molar-refractivity contribution in [1.82, 2.24) is 0 Å². The first-order valence-corrected chi connectivity index (χ1v) is 22.5. The van der Waals surface area contributed by atoms with Crippen LogP contribution in [0.5, 0.6) is 0 Å². The summed E-state index contributed by atoms with van der Waals surface area (Å²) in [5, 5.41) is 0. The Kier molecular flexibility index (Phi) is 27.5. The summed E-state index contributed by atoms with van der Waals surface area (Å²) in [5.41, 5.74) is 0.709. The van der Waals surface area contributed by atoms with Gasteiger partial charge >= 0.3 is 16.8 Å². The third-order valence-electron chi connectivity index (χ3n) is 7.37. The zero-order valence-corrected chi connectivity index (χ0v) is 29.2. The van der Waals surface area contributed by atoms with Crippen LogP contribution in [0.2, 0.25) is 0 Å². The van der Waals surface area contributed by atoms with E-state index in [1.54, 1.807) is 18.5 Å². The van der Waals surface area contributed by atoms with Crippen LogP contribution in [0.15, 0.2) is 0 Å². The fraction of sp³-hybridized carbons (Fsp3) is 1.00. The van der Waals surface area contributed by atoms with E-state index in [1.165, 1.54) is 55.5 Å². The number of hydrogen-bond donors (Lipinski definition) is 0. The van der Waals surface area contributed by atoms with E-state index in [0.717, 1.165) is 0 Å². The van der Waals surface area contributed by atoms with E-state index >= 15 is 0 Å². The average Bonchev–Trinajstić information content (AvgIpc) is 2.76. The van der Waals surface area contributed by atoms with Crippen LogP contribution in [0.25, 0.3) is 0 Å². The van der Waals surface area contributed by atoms with Gasteiger partial charge in [-0.1, -0.05) is 0 Å². The summed E-state index contributed by atoms with van der Waals surface area (Å²) in [6.07, 6.45) is 17.4. The maximum Gasteiger partial charge on any atom is 2.00 e. The van der Waals surface area contributed by atoms with Gasteiger partial charge in [-0.15, -0.1) is 0 Å². The Labute approximate surface area is 224 Å². The Morgan fingerprint density at radius 2 is 0.806 bits per heavy atom. The summed E-state index contributed by atoms with van der Waals surface area (Å²) < 4.78 is 0.118. The molecule has 0 spiro atoms. The molecular formula is C24H58CoP4S2+4. The van der Waals surface area contributed by atoms with E-state index in [0.29, 0.717) is 5.41 Å². The van der Waals surface area contributed by atoms with Crippen molar-refractivity contribution in [3.8, 4) is 0 Å². The maximum absolute atomic E-state index is 5.17. The minimum Gasteiger partial charge on any atom is -0.775 e. The summed E-state index contributed by atoms with van der Waals surface area (Å²) >= 11 is 10.3. The molecule has 1 radical (unpaired) electrons. The van der Waals surface area contributed by atoms with E-state index in [-0.39, 0.29) is 44.9 Å². The minimum absolute atomic E-state index is 0. The van der Waals surface area contributed by atoms with Crippen LogP contribution >= 0.6 is 31.0 Å². The van der Waals surface area contributed by atoms with Crippen molar-refractivity contribution >= 4 is 56.3 Å². The molecule has 0 aromatic rings. The fourth-order valence-electron chi connectivity index (χ4n) is 4.62. The molecule has 0 amide bonds. The molecule has 191 valence electrons. The summed E-state index contributed by atoms with van der Waals surface area (Å²) in [7, 11) is -1.09. The molecule has 0 N–H and O–H groups in total. The average molecular weight is 594 g/mol. The normalized spacial score (nSPS) is 12.4. The molecule has 0 bridgehead atoms. The van der Waals surface area contributed by atoms with Crippen LogP contribution in [0.3, 0.4) is 0 Å². The van der Waals surface area contributed by atoms with E-state index in [1.807, 2.05) is 0 Å². The first kappa shape index (κ1) is 38.5. The van der Waals surface area contributed by atoms with Gasteiger partial charge in [0.2, 0.25) is 0 Å². The molecule has 31 heavy (non-hydrogen) atoms. The second-order valence-electron chi connectivity index (χ2n) is 9.19. The summed E-state index contributed by atoms with van der Waals surface area (Å²) in [6, 6.07) is 0. The number of hydrogen-bond acceptors (Lipinski definition) is 2. The summed E-state index contributed by atoms with van der Waals surface area (Å²) in [5.74, 6) is 0. The Morgan fingerprint density at radius 3 is 0.903 bits per heavy atom. The Bertz CT molecular complexity index is 339. The molecule has 0 rings (SSSR count). The predicted molar refractivity (Wildman–Crippen MR) is 168 cm³/mol. The van der Waals surface area contributed by atoms with Crippen molar-refractivity contribution in [2.75, 3.05) is 73.9 Å². The Hall–Kier alpha value is 2.93. The predicted octanol–water partition coefficient (Wildman–Crippen LogP) is 8.19. The molecule has 0 aliphatic heterocycles. The van der Waals surface area contributed by atoms with E-state index < -0.39 is 7.26 Å². The van der Waals surface area contributed by atoms with Crippen molar-refractivity contribution < 1.29 is 16.8 Å². The van der Waals surface area contributed by atoms with Gasteiger partial charge in [0, 0.05) is 23.8 Å². The van der Waals surface area contributed by atoms with Crippen LogP contribution in [0.4, 0.5) is 0 Å². The van der Waals surface area contributed by atoms with Gasteiger partial charge in [-0.05, 0) is 76.5 Å². The largest absolute Gasteiger partial charge is 2.00 e. The van der Waals surface area contributed by atoms with Gasteiger partial charge < -0.3 is 25.3 Å². The number of rotatable bonds is 16. The van der Waals surface area contributed by atoms with E-state index in [4.69, 9.17) is 25.3 Å². The molecular weight excluding hydrogens is 535 g/mol. The van der Waals surface area contributed by atoms with Crippen LogP contribution < -0.4 is 0 Å². The monoisotopic (exact) mass is 593 g/mol. The van der Waals surface area contributed by atoms with E-state index in [2.05, 4.69) is 69.2 Å². The molecule has 0 unspecified atom stereocenters. The van der Waals surface area contributed by atoms with Gasteiger partial charge in [0.15, 0.2) is 0 Å². The minimum atomic E-state index is -0.881. The van der Waals surface area contributed by atoms with Crippen LogP contribution in [-0.4, -0.2) is 78.3 Å².